The van der Waals surface area contributed by atoms with Crippen LogP contribution in [0.25, 0.3) is 0 Å². The molecular weight excluding hydrogens is 354 g/mol. The van der Waals surface area contributed by atoms with E-state index in [9.17, 15) is 4.79 Å². The number of carbonyl (C=O) groups excluding carboxylic acids is 1. The van der Waals surface area contributed by atoms with Gasteiger partial charge in [-0.3, -0.25) is 4.79 Å². The highest BCUT2D eigenvalue weighted by Gasteiger charge is 2.25. The minimum absolute atomic E-state index is 0.00537. The maximum absolute atomic E-state index is 13.3. The van der Waals surface area contributed by atoms with Crippen molar-refractivity contribution in [1.82, 2.24) is 0 Å². The molecule has 0 fully saturated rings. The van der Waals surface area contributed by atoms with Crippen molar-refractivity contribution in [1.29, 1.82) is 0 Å². The fourth-order valence-electron chi connectivity index (χ4n) is 3.24. The number of carbonyl (C=O) groups is 1. The van der Waals surface area contributed by atoms with Gasteiger partial charge in [-0.05, 0) is 42.0 Å². The van der Waals surface area contributed by atoms with Gasteiger partial charge in [-0.2, -0.15) is 0 Å². The van der Waals surface area contributed by atoms with Crippen LogP contribution in [0.5, 0.6) is 0 Å². The van der Waals surface area contributed by atoms with E-state index in [0.29, 0.717) is 10.6 Å². The van der Waals surface area contributed by atoms with Crippen LogP contribution in [0.1, 0.15) is 21.8 Å². The Labute approximate surface area is 164 Å². The number of hydrogen-bond acceptors (Lipinski definition) is 2. The first-order valence-corrected chi connectivity index (χ1v) is 9.19. The lowest BCUT2D eigenvalue weighted by molar-refractivity contribution is 0.102. The van der Waals surface area contributed by atoms with Crippen molar-refractivity contribution >= 4 is 23.1 Å². The smallest absolute Gasteiger partial charge is 0.191 e. The van der Waals surface area contributed by atoms with Gasteiger partial charge >= 0.3 is 0 Å². The molecule has 1 unspecified atom stereocenters. The van der Waals surface area contributed by atoms with Crippen LogP contribution in [0.15, 0.2) is 109 Å². The number of hydrogen-bond donors (Lipinski definition) is 0. The van der Waals surface area contributed by atoms with Crippen molar-refractivity contribution in [2.24, 2.45) is 0 Å². The minimum Gasteiger partial charge on any atom is -0.324 e. The van der Waals surface area contributed by atoms with Crippen molar-refractivity contribution in [3.05, 3.63) is 125 Å². The van der Waals surface area contributed by atoms with Crippen molar-refractivity contribution in [3.8, 4) is 0 Å². The van der Waals surface area contributed by atoms with E-state index in [1.807, 2.05) is 65.8 Å². The Morgan fingerprint density at radius 2 is 1.44 bits per heavy atom. The molecule has 0 aromatic heterocycles. The molecule has 3 aromatic rings. The maximum atomic E-state index is 13.3. The van der Waals surface area contributed by atoms with Gasteiger partial charge in [0.1, 0.15) is 0 Å². The predicted molar refractivity (Wildman–Crippen MR) is 111 cm³/mol. The quantitative estimate of drug-likeness (QED) is 0.507. The monoisotopic (exact) mass is 371 g/mol. The molecule has 1 aliphatic rings. The summed E-state index contributed by atoms with van der Waals surface area (Å²) in [6, 6.07) is 27.1. The third kappa shape index (κ3) is 3.71. The zero-order chi connectivity index (χ0) is 18.6. The lowest BCUT2D eigenvalue weighted by Crippen LogP contribution is -2.21. The van der Waals surface area contributed by atoms with E-state index < -0.39 is 0 Å². The third-order valence-electron chi connectivity index (χ3n) is 4.63. The largest absolute Gasteiger partial charge is 0.324 e. The van der Waals surface area contributed by atoms with Gasteiger partial charge in [0.05, 0.1) is 0 Å². The first kappa shape index (κ1) is 17.3. The lowest BCUT2D eigenvalue weighted by Gasteiger charge is -2.27. The van der Waals surface area contributed by atoms with Crippen LogP contribution in [0.3, 0.4) is 0 Å². The van der Waals surface area contributed by atoms with Gasteiger partial charge in [-0.15, -0.1) is 0 Å². The van der Waals surface area contributed by atoms with Crippen LogP contribution in [-0.2, 0) is 0 Å². The molecule has 0 bridgehead atoms. The van der Waals surface area contributed by atoms with Crippen LogP contribution < -0.4 is 4.90 Å². The van der Waals surface area contributed by atoms with E-state index in [0.717, 1.165) is 16.8 Å². The minimum atomic E-state index is -0.0886. The van der Waals surface area contributed by atoms with Gasteiger partial charge in [0.2, 0.25) is 0 Å². The van der Waals surface area contributed by atoms with Gasteiger partial charge in [-0.1, -0.05) is 66.2 Å². The Kier molecular flexibility index (Phi) is 4.91. The Morgan fingerprint density at radius 1 is 0.815 bits per heavy atom. The number of benzene rings is 3. The molecule has 3 aromatic carbocycles. The topological polar surface area (TPSA) is 20.3 Å². The van der Waals surface area contributed by atoms with Crippen molar-refractivity contribution in [2.75, 3.05) is 4.90 Å². The number of para-hydroxylation sites is 1. The summed E-state index contributed by atoms with van der Waals surface area (Å²) in [4.78, 5) is 15.3. The highest BCUT2D eigenvalue weighted by molar-refractivity contribution is 6.30. The molecule has 1 aliphatic heterocycles. The Morgan fingerprint density at radius 3 is 2.11 bits per heavy atom. The number of anilines is 1. The lowest BCUT2D eigenvalue weighted by atomic mass is 9.85. The highest BCUT2D eigenvalue weighted by atomic mass is 35.5. The summed E-state index contributed by atoms with van der Waals surface area (Å²) < 4.78 is 0. The molecule has 0 saturated carbocycles. The summed E-state index contributed by atoms with van der Waals surface area (Å²) in [5.74, 6) is -0.0832. The second-order valence-electron chi connectivity index (χ2n) is 6.39. The fourth-order valence-corrected chi connectivity index (χ4v) is 3.36. The fraction of sp³-hybridized carbons (Fsp3) is 0.0417. The van der Waals surface area contributed by atoms with E-state index in [1.165, 1.54) is 0 Å². The normalized spacial score (nSPS) is 16.1. The van der Waals surface area contributed by atoms with E-state index in [2.05, 4.69) is 18.2 Å². The summed E-state index contributed by atoms with van der Waals surface area (Å²) in [7, 11) is 0. The zero-order valence-corrected chi connectivity index (χ0v) is 15.4. The van der Waals surface area contributed by atoms with Crippen LogP contribution in [-0.4, -0.2) is 5.78 Å². The number of ketones is 1. The molecule has 0 radical (unpaired) electrons. The number of Topliss-reactive ketones (excluding diaryl/α,β-unsaturated/α-hetero) is 1. The van der Waals surface area contributed by atoms with Gasteiger partial charge in [0.25, 0.3) is 0 Å². The standard InChI is InChI=1S/C24H18ClNO/c25-20-13-11-19(12-14-20)24(27)23-17-26(21-9-5-2-6-10-21)16-15-22(23)18-7-3-1-4-8-18/h1-17,22H. The van der Waals surface area contributed by atoms with Crippen LogP contribution >= 0.6 is 11.6 Å². The van der Waals surface area contributed by atoms with Gasteiger partial charge < -0.3 is 4.90 Å². The van der Waals surface area contributed by atoms with Gasteiger partial charge in [0, 0.05) is 40.2 Å². The van der Waals surface area contributed by atoms with Crippen LogP contribution in [0, 0.1) is 0 Å². The summed E-state index contributed by atoms with van der Waals surface area (Å²) in [5.41, 5.74) is 3.47. The molecule has 4 rings (SSSR count). The van der Waals surface area contributed by atoms with E-state index in [4.69, 9.17) is 11.6 Å². The third-order valence-corrected chi connectivity index (χ3v) is 4.89. The zero-order valence-electron chi connectivity index (χ0n) is 14.6. The highest BCUT2D eigenvalue weighted by Crippen LogP contribution is 2.33. The van der Waals surface area contributed by atoms with Crippen molar-refractivity contribution < 1.29 is 4.79 Å². The number of rotatable bonds is 4. The predicted octanol–water partition coefficient (Wildman–Crippen LogP) is 6.22. The van der Waals surface area contributed by atoms with Crippen LogP contribution in [0.4, 0.5) is 5.69 Å². The molecule has 0 saturated heterocycles. The molecular formula is C24H18ClNO. The van der Waals surface area contributed by atoms with Crippen molar-refractivity contribution in [3.63, 3.8) is 0 Å². The average molecular weight is 372 g/mol. The number of allylic oxidation sites excluding steroid dienone is 2. The Hall–Kier alpha value is -3.10. The number of nitrogens with zero attached hydrogens (tertiary/aromatic N) is 1. The summed E-state index contributed by atoms with van der Waals surface area (Å²) >= 11 is 5.98. The molecule has 27 heavy (non-hydrogen) atoms. The molecule has 1 heterocycles. The second kappa shape index (κ2) is 7.65. The SMILES string of the molecule is O=C(C1=CN(c2ccccc2)C=CC1c1ccccc1)c1ccc(Cl)cc1. The molecule has 2 nitrogen and oxygen atoms in total. The molecule has 3 heteroatoms. The molecule has 0 aliphatic carbocycles. The molecule has 0 spiro atoms. The van der Waals surface area contributed by atoms with E-state index in [-0.39, 0.29) is 11.7 Å². The number of halogens is 1. The second-order valence-corrected chi connectivity index (χ2v) is 6.83. The van der Waals surface area contributed by atoms with E-state index in [1.54, 1.807) is 24.3 Å². The molecule has 132 valence electrons. The van der Waals surface area contributed by atoms with Gasteiger partial charge in [-0.25, -0.2) is 0 Å². The Balaban J connectivity index is 1.76. The molecule has 0 amide bonds. The molecule has 1 atom stereocenters. The summed E-state index contributed by atoms with van der Waals surface area (Å²) in [5, 5.41) is 0.620. The van der Waals surface area contributed by atoms with E-state index >= 15 is 0 Å². The maximum Gasteiger partial charge on any atom is 0.191 e. The molecule has 0 N–H and O–H groups in total. The summed E-state index contributed by atoms with van der Waals surface area (Å²) in [6.07, 6.45) is 6.03. The summed E-state index contributed by atoms with van der Waals surface area (Å²) in [6.45, 7) is 0. The van der Waals surface area contributed by atoms with Crippen LogP contribution in [0.2, 0.25) is 5.02 Å². The Bertz CT molecular complexity index is 992. The van der Waals surface area contributed by atoms with Gasteiger partial charge in [0.15, 0.2) is 5.78 Å². The first-order chi connectivity index (χ1) is 13.2. The average Bonchev–Trinajstić information content (AvgIpc) is 2.74. The first-order valence-electron chi connectivity index (χ1n) is 8.81. The van der Waals surface area contributed by atoms with Crippen molar-refractivity contribution in [2.45, 2.75) is 5.92 Å².